The first-order chi connectivity index (χ1) is 10.8. The lowest BCUT2D eigenvalue weighted by Gasteiger charge is -2.11. The van der Waals surface area contributed by atoms with Crippen LogP contribution in [-0.4, -0.2) is 47.3 Å². The molecule has 2 rings (SSSR count). The molecule has 0 fully saturated rings. The molecule has 2 heterocycles. The maximum Gasteiger partial charge on any atom is 0.191 e. The number of pyridine rings is 1. The summed E-state index contributed by atoms with van der Waals surface area (Å²) in [5.74, 6) is 1.61. The molecule has 0 unspecified atom stereocenters. The molecule has 0 aliphatic heterocycles. The molecule has 0 aromatic carbocycles. The quantitative estimate of drug-likeness (QED) is 0.453. The van der Waals surface area contributed by atoms with E-state index in [1.54, 1.807) is 25.8 Å². The number of methoxy groups -OCH3 is 1. The van der Waals surface area contributed by atoms with Gasteiger partial charge in [0.25, 0.3) is 0 Å². The second-order valence-corrected chi connectivity index (χ2v) is 4.61. The molecule has 2 N–H and O–H groups in total. The molecular weight excluding hydrogens is 280 g/mol. The summed E-state index contributed by atoms with van der Waals surface area (Å²) in [6.07, 6.45) is 7.11. The highest BCUT2D eigenvalue weighted by atomic mass is 16.5. The van der Waals surface area contributed by atoms with Crippen LogP contribution in [0.5, 0.6) is 0 Å². The molecule has 0 spiro atoms. The Kier molecular flexibility index (Phi) is 6.38. The lowest BCUT2D eigenvalue weighted by atomic mass is 10.2. The number of rotatable bonds is 7. The van der Waals surface area contributed by atoms with Crippen LogP contribution in [0.15, 0.2) is 42.0 Å². The predicted octanol–water partition coefficient (Wildman–Crippen LogP) is 0.969. The van der Waals surface area contributed by atoms with Gasteiger partial charge in [0.2, 0.25) is 0 Å². The molecule has 0 bridgehead atoms. The van der Waals surface area contributed by atoms with Crippen molar-refractivity contribution in [3.63, 3.8) is 0 Å². The van der Waals surface area contributed by atoms with Crippen LogP contribution in [0.4, 0.5) is 0 Å². The Bertz CT molecular complexity index is 581. The van der Waals surface area contributed by atoms with E-state index in [9.17, 15) is 0 Å². The third-order valence-corrected chi connectivity index (χ3v) is 2.94. The molecule has 0 saturated carbocycles. The minimum absolute atomic E-state index is 0.576. The summed E-state index contributed by atoms with van der Waals surface area (Å²) in [6, 6.07) is 3.96. The third kappa shape index (κ3) is 4.85. The monoisotopic (exact) mass is 302 g/mol. The maximum atomic E-state index is 5.03. The van der Waals surface area contributed by atoms with Crippen LogP contribution < -0.4 is 10.6 Å². The van der Waals surface area contributed by atoms with E-state index in [-0.39, 0.29) is 0 Å². The van der Waals surface area contributed by atoms with Gasteiger partial charge >= 0.3 is 0 Å². The van der Waals surface area contributed by atoms with Gasteiger partial charge in [0, 0.05) is 38.8 Å². The Morgan fingerprint density at radius 1 is 1.36 bits per heavy atom. The number of guanidine groups is 1. The summed E-state index contributed by atoms with van der Waals surface area (Å²) in [6.45, 7) is 4.79. The van der Waals surface area contributed by atoms with E-state index in [0.29, 0.717) is 13.2 Å². The van der Waals surface area contributed by atoms with Gasteiger partial charge < -0.3 is 15.4 Å². The SMILES string of the molecule is CCNC(=NCc1ccnc(-n2ccnc2)c1)NCCOC. The van der Waals surface area contributed by atoms with Gasteiger partial charge in [-0.3, -0.25) is 4.57 Å². The standard InChI is InChI=1S/C15H22N6O/c1-3-17-15(19-7-9-22-2)20-11-13-4-5-18-14(10-13)21-8-6-16-12-21/h4-6,8,10,12H,3,7,9,11H2,1-2H3,(H2,17,19,20). The highest BCUT2D eigenvalue weighted by Gasteiger charge is 2.00. The Hall–Kier alpha value is -2.41. The van der Waals surface area contributed by atoms with Crippen molar-refractivity contribution in [3.8, 4) is 5.82 Å². The topological polar surface area (TPSA) is 76.4 Å². The molecule has 0 atom stereocenters. The summed E-state index contributed by atoms with van der Waals surface area (Å²) in [5, 5.41) is 6.42. The van der Waals surface area contributed by atoms with E-state index < -0.39 is 0 Å². The number of aromatic nitrogens is 3. The van der Waals surface area contributed by atoms with Gasteiger partial charge in [-0.25, -0.2) is 15.0 Å². The summed E-state index contributed by atoms with van der Waals surface area (Å²) >= 11 is 0. The van der Waals surface area contributed by atoms with Crippen molar-refractivity contribution in [2.24, 2.45) is 4.99 Å². The van der Waals surface area contributed by atoms with Crippen molar-refractivity contribution in [1.82, 2.24) is 25.2 Å². The van der Waals surface area contributed by atoms with E-state index >= 15 is 0 Å². The van der Waals surface area contributed by atoms with Crippen LogP contribution in [0.3, 0.4) is 0 Å². The molecule has 22 heavy (non-hydrogen) atoms. The molecular formula is C15H22N6O. The van der Waals surface area contributed by atoms with E-state index in [1.807, 2.05) is 29.8 Å². The van der Waals surface area contributed by atoms with Gasteiger partial charge in [-0.2, -0.15) is 0 Å². The Morgan fingerprint density at radius 3 is 3.00 bits per heavy atom. The average Bonchev–Trinajstić information content (AvgIpc) is 3.07. The smallest absolute Gasteiger partial charge is 0.191 e. The fourth-order valence-corrected chi connectivity index (χ4v) is 1.88. The van der Waals surface area contributed by atoms with E-state index in [2.05, 4.69) is 25.6 Å². The number of nitrogens with one attached hydrogen (secondary N) is 2. The van der Waals surface area contributed by atoms with Gasteiger partial charge in [0.05, 0.1) is 13.2 Å². The lowest BCUT2D eigenvalue weighted by Crippen LogP contribution is -2.38. The Labute approximate surface area is 130 Å². The van der Waals surface area contributed by atoms with Crippen LogP contribution in [0.2, 0.25) is 0 Å². The van der Waals surface area contributed by atoms with Crippen molar-refractivity contribution in [2.75, 3.05) is 26.8 Å². The van der Waals surface area contributed by atoms with Crippen molar-refractivity contribution in [1.29, 1.82) is 0 Å². The average molecular weight is 302 g/mol. The van der Waals surface area contributed by atoms with Crippen molar-refractivity contribution >= 4 is 5.96 Å². The van der Waals surface area contributed by atoms with Crippen molar-refractivity contribution in [3.05, 3.63) is 42.6 Å². The van der Waals surface area contributed by atoms with Gasteiger partial charge in [0.15, 0.2) is 5.96 Å². The summed E-state index contributed by atoms with van der Waals surface area (Å²) in [4.78, 5) is 12.9. The largest absolute Gasteiger partial charge is 0.383 e. The molecule has 0 saturated heterocycles. The number of nitrogens with zero attached hydrogens (tertiary/aromatic N) is 4. The molecule has 2 aromatic rings. The van der Waals surface area contributed by atoms with Gasteiger partial charge in [-0.1, -0.05) is 0 Å². The predicted molar refractivity (Wildman–Crippen MR) is 86.1 cm³/mol. The molecule has 2 aromatic heterocycles. The van der Waals surface area contributed by atoms with Gasteiger partial charge in [0.1, 0.15) is 12.1 Å². The van der Waals surface area contributed by atoms with Gasteiger partial charge in [-0.05, 0) is 24.6 Å². The second-order valence-electron chi connectivity index (χ2n) is 4.61. The highest BCUT2D eigenvalue weighted by Crippen LogP contribution is 2.07. The van der Waals surface area contributed by atoms with Crippen LogP contribution in [0.1, 0.15) is 12.5 Å². The summed E-state index contributed by atoms with van der Waals surface area (Å²) in [7, 11) is 1.68. The minimum Gasteiger partial charge on any atom is -0.383 e. The molecule has 118 valence electrons. The maximum absolute atomic E-state index is 5.03. The first-order valence-electron chi connectivity index (χ1n) is 7.28. The first kappa shape index (κ1) is 16.0. The third-order valence-electron chi connectivity index (χ3n) is 2.94. The van der Waals surface area contributed by atoms with Crippen LogP contribution in [0.25, 0.3) is 5.82 Å². The first-order valence-corrected chi connectivity index (χ1v) is 7.28. The second kappa shape index (κ2) is 8.78. The molecule has 0 radical (unpaired) electrons. The number of hydrogen-bond donors (Lipinski definition) is 2. The van der Waals surface area contributed by atoms with Crippen LogP contribution >= 0.6 is 0 Å². The number of imidazole rings is 1. The number of hydrogen-bond acceptors (Lipinski definition) is 4. The van der Waals surface area contributed by atoms with E-state index in [0.717, 1.165) is 30.4 Å². The summed E-state index contributed by atoms with van der Waals surface area (Å²) < 4.78 is 6.90. The zero-order valence-electron chi connectivity index (χ0n) is 13.0. The van der Waals surface area contributed by atoms with Crippen molar-refractivity contribution < 1.29 is 4.74 Å². The minimum atomic E-state index is 0.576. The fraction of sp³-hybridized carbons (Fsp3) is 0.400. The van der Waals surface area contributed by atoms with Crippen molar-refractivity contribution in [2.45, 2.75) is 13.5 Å². The normalized spacial score (nSPS) is 11.5. The van der Waals surface area contributed by atoms with E-state index in [1.165, 1.54) is 0 Å². The van der Waals surface area contributed by atoms with Gasteiger partial charge in [-0.15, -0.1) is 0 Å². The molecule has 7 nitrogen and oxygen atoms in total. The Balaban J connectivity index is 2.01. The van der Waals surface area contributed by atoms with Crippen LogP contribution in [-0.2, 0) is 11.3 Å². The molecule has 7 heteroatoms. The lowest BCUT2D eigenvalue weighted by molar-refractivity contribution is 0.203. The molecule has 0 aliphatic rings. The summed E-state index contributed by atoms with van der Waals surface area (Å²) in [5.41, 5.74) is 1.09. The number of aliphatic imine (C=N–C) groups is 1. The zero-order chi connectivity index (χ0) is 15.6. The molecule has 0 amide bonds. The Morgan fingerprint density at radius 2 is 2.27 bits per heavy atom. The number of ether oxygens (including phenoxy) is 1. The van der Waals surface area contributed by atoms with E-state index in [4.69, 9.17) is 4.74 Å². The fourth-order valence-electron chi connectivity index (χ4n) is 1.88. The zero-order valence-corrected chi connectivity index (χ0v) is 13.0. The molecule has 0 aliphatic carbocycles. The highest BCUT2D eigenvalue weighted by molar-refractivity contribution is 5.79. The van der Waals surface area contributed by atoms with Crippen LogP contribution in [0, 0.1) is 0 Å².